The summed E-state index contributed by atoms with van der Waals surface area (Å²) in [6, 6.07) is 28.4. The lowest BCUT2D eigenvalue weighted by atomic mass is 10.0. The number of non-ortho nitro benzene ring substituents is 1. The molecule has 0 heterocycles. The highest BCUT2D eigenvalue weighted by Crippen LogP contribution is 2.28. The molecule has 2 atom stereocenters. The van der Waals surface area contributed by atoms with Crippen LogP contribution in [0, 0.1) is 17.0 Å². The second-order valence-corrected chi connectivity index (χ2v) is 13.0. The van der Waals surface area contributed by atoms with Gasteiger partial charge in [-0.1, -0.05) is 91.3 Å². The number of anilines is 1. The number of benzene rings is 4. The van der Waals surface area contributed by atoms with E-state index in [1.54, 1.807) is 18.2 Å². The summed E-state index contributed by atoms with van der Waals surface area (Å²) in [6.07, 6.45) is 0.856. The largest absolute Gasteiger partial charge is 0.352 e. The molecule has 11 heteroatoms. The maximum Gasteiger partial charge on any atom is 0.271 e. The van der Waals surface area contributed by atoms with Gasteiger partial charge in [0, 0.05) is 31.1 Å². The van der Waals surface area contributed by atoms with Crippen molar-refractivity contribution >= 4 is 33.2 Å². The molecule has 0 aliphatic carbocycles. The van der Waals surface area contributed by atoms with Gasteiger partial charge in [0.25, 0.3) is 15.7 Å². The molecular weight excluding hydrogens is 604 g/mol. The molecule has 2 amide bonds. The van der Waals surface area contributed by atoms with E-state index in [1.807, 2.05) is 75.4 Å². The normalized spacial score (nSPS) is 12.5. The van der Waals surface area contributed by atoms with Crippen molar-refractivity contribution in [2.45, 2.75) is 57.1 Å². The molecule has 0 bridgehead atoms. The Morgan fingerprint density at radius 3 is 2.13 bits per heavy atom. The van der Waals surface area contributed by atoms with Gasteiger partial charge in [0.2, 0.25) is 11.8 Å². The molecule has 1 N–H and O–H groups in total. The number of nitro groups is 1. The Labute approximate surface area is 269 Å². The summed E-state index contributed by atoms with van der Waals surface area (Å²) in [7, 11) is -4.37. The van der Waals surface area contributed by atoms with Gasteiger partial charge in [0.1, 0.15) is 12.6 Å². The molecule has 4 aromatic carbocycles. The number of sulfonamides is 1. The molecule has 0 unspecified atom stereocenters. The van der Waals surface area contributed by atoms with Gasteiger partial charge in [0.05, 0.1) is 15.5 Å². The smallest absolute Gasteiger partial charge is 0.271 e. The number of nitrogens with one attached hydrogen (secondary N) is 1. The van der Waals surface area contributed by atoms with Gasteiger partial charge in [0.15, 0.2) is 0 Å². The summed E-state index contributed by atoms with van der Waals surface area (Å²) in [5.41, 5.74) is 2.16. The van der Waals surface area contributed by atoms with Crippen LogP contribution in [0.5, 0.6) is 0 Å². The van der Waals surface area contributed by atoms with E-state index in [0.717, 1.165) is 27.1 Å². The first-order valence-corrected chi connectivity index (χ1v) is 16.4. The lowest BCUT2D eigenvalue weighted by Gasteiger charge is -2.34. The molecule has 0 aliphatic heterocycles. The van der Waals surface area contributed by atoms with Crippen LogP contribution in [0.3, 0.4) is 0 Å². The standard InChI is InChI=1S/C35H38N4O6S/c1-4-27(3)36-35(41)33(22-28-14-7-5-8-15-28)37(24-29-16-11-13-26(2)21-29)34(40)25-38(30-17-12-18-31(23-30)39(42)43)46(44,45)32-19-9-6-10-20-32/h5-21,23,27,33H,4,22,24-25H2,1-3H3,(H,36,41)/t27-,33+/m1/s1. The first-order valence-electron chi connectivity index (χ1n) is 15.0. The molecule has 0 aromatic heterocycles. The minimum atomic E-state index is -4.37. The molecule has 0 saturated heterocycles. The number of nitrogens with zero attached hydrogens (tertiary/aromatic N) is 3. The van der Waals surface area contributed by atoms with E-state index in [9.17, 15) is 28.1 Å². The van der Waals surface area contributed by atoms with E-state index in [1.165, 1.54) is 35.2 Å². The number of aryl methyl sites for hydroxylation is 1. The molecule has 0 radical (unpaired) electrons. The van der Waals surface area contributed by atoms with E-state index < -0.39 is 33.4 Å². The number of hydrogen-bond acceptors (Lipinski definition) is 6. The maximum absolute atomic E-state index is 14.5. The minimum Gasteiger partial charge on any atom is -0.352 e. The van der Waals surface area contributed by atoms with Crippen LogP contribution in [0.2, 0.25) is 0 Å². The summed E-state index contributed by atoms with van der Waals surface area (Å²) < 4.78 is 29.0. The van der Waals surface area contributed by atoms with Gasteiger partial charge in [-0.2, -0.15) is 0 Å². The van der Waals surface area contributed by atoms with Crippen molar-refractivity contribution in [1.29, 1.82) is 0 Å². The fraction of sp³-hybridized carbons (Fsp3) is 0.257. The highest BCUT2D eigenvalue weighted by atomic mass is 32.2. The van der Waals surface area contributed by atoms with Crippen molar-refractivity contribution < 1.29 is 22.9 Å². The van der Waals surface area contributed by atoms with Crippen LogP contribution in [-0.2, 0) is 32.6 Å². The number of carbonyl (C=O) groups is 2. The quantitative estimate of drug-likeness (QED) is 0.140. The number of amides is 2. The molecule has 240 valence electrons. The van der Waals surface area contributed by atoms with E-state index in [0.29, 0.717) is 6.42 Å². The molecule has 4 rings (SSSR count). The molecule has 0 fully saturated rings. The molecule has 0 aliphatic rings. The van der Waals surface area contributed by atoms with Crippen molar-refractivity contribution in [3.8, 4) is 0 Å². The van der Waals surface area contributed by atoms with Crippen LogP contribution in [0.1, 0.15) is 37.0 Å². The number of nitro benzene ring substituents is 1. The SMILES string of the molecule is CC[C@@H](C)NC(=O)[C@H](Cc1ccccc1)N(Cc1cccc(C)c1)C(=O)CN(c1cccc([N+](=O)[O-])c1)S(=O)(=O)c1ccccc1. The van der Waals surface area contributed by atoms with E-state index in [4.69, 9.17) is 0 Å². The van der Waals surface area contributed by atoms with Crippen molar-refractivity contribution in [3.63, 3.8) is 0 Å². The first-order chi connectivity index (χ1) is 22.0. The second-order valence-electron chi connectivity index (χ2n) is 11.1. The second kappa shape index (κ2) is 15.3. The Kier molecular flexibility index (Phi) is 11.3. The molecule has 46 heavy (non-hydrogen) atoms. The molecule has 0 saturated carbocycles. The Bertz CT molecular complexity index is 1770. The highest BCUT2D eigenvalue weighted by Gasteiger charge is 2.35. The zero-order chi connectivity index (χ0) is 33.3. The highest BCUT2D eigenvalue weighted by molar-refractivity contribution is 7.92. The maximum atomic E-state index is 14.5. The van der Waals surface area contributed by atoms with Crippen molar-refractivity contribution in [3.05, 3.63) is 136 Å². The van der Waals surface area contributed by atoms with Gasteiger partial charge in [-0.05, 0) is 49.6 Å². The van der Waals surface area contributed by atoms with Crippen LogP contribution in [0.15, 0.2) is 114 Å². The summed E-state index contributed by atoms with van der Waals surface area (Å²) >= 11 is 0. The minimum absolute atomic E-state index is 0.0279. The van der Waals surface area contributed by atoms with Crippen LogP contribution in [0.25, 0.3) is 0 Å². The zero-order valence-corrected chi connectivity index (χ0v) is 26.9. The third-order valence-corrected chi connectivity index (χ3v) is 9.43. The van der Waals surface area contributed by atoms with Crippen molar-refractivity contribution in [2.75, 3.05) is 10.8 Å². The van der Waals surface area contributed by atoms with Crippen LogP contribution in [0.4, 0.5) is 11.4 Å². The van der Waals surface area contributed by atoms with E-state index >= 15 is 0 Å². The summed E-state index contributed by atoms with van der Waals surface area (Å²) in [5.74, 6) is -1.01. The van der Waals surface area contributed by atoms with Crippen LogP contribution < -0.4 is 9.62 Å². The van der Waals surface area contributed by atoms with Crippen molar-refractivity contribution in [1.82, 2.24) is 10.2 Å². The van der Waals surface area contributed by atoms with Gasteiger partial charge in [-0.25, -0.2) is 8.42 Å². The summed E-state index contributed by atoms with van der Waals surface area (Å²) in [5, 5.41) is 14.6. The average Bonchev–Trinajstić information content (AvgIpc) is 3.05. The Balaban J connectivity index is 1.83. The van der Waals surface area contributed by atoms with Gasteiger partial charge < -0.3 is 10.2 Å². The zero-order valence-electron chi connectivity index (χ0n) is 26.1. The fourth-order valence-electron chi connectivity index (χ4n) is 5.01. The Morgan fingerprint density at radius 1 is 0.870 bits per heavy atom. The first kappa shape index (κ1) is 33.9. The number of carbonyl (C=O) groups excluding carboxylic acids is 2. The van der Waals surface area contributed by atoms with Gasteiger partial charge >= 0.3 is 0 Å². The Morgan fingerprint density at radius 2 is 1.50 bits per heavy atom. The topological polar surface area (TPSA) is 130 Å². The Hall–Kier alpha value is -5.03. The average molecular weight is 643 g/mol. The summed E-state index contributed by atoms with van der Waals surface area (Å²) in [6.45, 7) is 5.06. The molecule has 4 aromatic rings. The monoisotopic (exact) mass is 642 g/mol. The number of rotatable bonds is 14. The predicted octanol–water partition coefficient (Wildman–Crippen LogP) is 5.65. The molecule has 10 nitrogen and oxygen atoms in total. The van der Waals surface area contributed by atoms with Crippen LogP contribution >= 0.6 is 0 Å². The van der Waals surface area contributed by atoms with E-state index in [-0.39, 0.29) is 41.2 Å². The molecular formula is C35H38N4O6S. The third-order valence-electron chi connectivity index (χ3n) is 7.65. The lowest BCUT2D eigenvalue weighted by molar-refractivity contribution is -0.384. The van der Waals surface area contributed by atoms with E-state index in [2.05, 4.69) is 5.32 Å². The number of hydrogen-bond donors (Lipinski definition) is 1. The third kappa shape index (κ3) is 8.57. The fourth-order valence-corrected chi connectivity index (χ4v) is 6.44. The van der Waals surface area contributed by atoms with Gasteiger partial charge in [-0.3, -0.25) is 24.0 Å². The van der Waals surface area contributed by atoms with Crippen molar-refractivity contribution in [2.24, 2.45) is 0 Å². The van der Waals surface area contributed by atoms with Crippen LogP contribution in [-0.4, -0.2) is 48.7 Å². The predicted molar refractivity (Wildman–Crippen MR) is 178 cm³/mol. The summed E-state index contributed by atoms with van der Waals surface area (Å²) in [4.78, 5) is 40.7. The van der Waals surface area contributed by atoms with Gasteiger partial charge in [-0.15, -0.1) is 0 Å². The lowest BCUT2D eigenvalue weighted by Crippen LogP contribution is -2.54. The molecule has 0 spiro atoms.